The Hall–Kier alpha value is -1.10. The molecule has 0 radical (unpaired) electrons. The molecule has 0 atom stereocenters. The van der Waals surface area contributed by atoms with Crippen molar-refractivity contribution in [3.05, 3.63) is 35.4 Å². The zero-order valence-electron chi connectivity index (χ0n) is 12.3. The zero-order valence-corrected chi connectivity index (χ0v) is 13.1. The van der Waals surface area contributed by atoms with E-state index in [9.17, 15) is 4.79 Å². The van der Waals surface area contributed by atoms with Gasteiger partial charge in [0.1, 0.15) is 0 Å². The van der Waals surface area contributed by atoms with Crippen molar-refractivity contribution in [2.45, 2.75) is 19.8 Å². The number of hydrogen-bond acceptors (Lipinski definition) is 3. The van der Waals surface area contributed by atoms with Gasteiger partial charge in [0.25, 0.3) is 0 Å². The lowest BCUT2D eigenvalue weighted by Crippen LogP contribution is -2.33. The first-order valence-corrected chi connectivity index (χ1v) is 6.80. The third kappa shape index (κ3) is 8.15. The highest BCUT2D eigenvalue weighted by atomic mass is 35.5. The second-order valence-electron chi connectivity index (χ2n) is 4.44. The quantitative estimate of drug-likeness (QED) is 0.681. The Bertz CT molecular complexity index is 369. The minimum atomic E-state index is 0. The summed E-state index contributed by atoms with van der Waals surface area (Å²) < 4.78 is 4.92. The number of carbonyl (C=O) groups excluding carboxylic acids is 1. The van der Waals surface area contributed by atoms with Crippen LogP contribution in [0.2, 0.25) is 0 Å². The van der Waals surface area contributed by atoms with Crippen LogP contribution >= 0.6 is 12.4 Å². The molecule has 0 saturated heterocycles. The Morgan fingerprint density at radius 3 is 2.35 bits per heavy atom. The van der Waals surface area contributed by atoms with Gasteiger partial charge in [-0.3, -0.25) is 4.79 Å². The van der Waals surface area contributed by atoms with Crippen molar-refractivity contribution in [2.24, 2.45) is 0 Å². The summed E-state index contributed by atoms with van der Waals surface area (Å²) in [6, 6.07) is 8.20. The monoisotopic (exact) mass is 300 g/mol. The molecule has 114 valence electrons. The molecule has 0 heterocycles. The van der Waals surface area contributed by atoms with Gasteiger partial charge in [-0.15, -0.1) is 12.4 Å². The van der Waals surface area contributed by atoms with E-state index in [-0.39, 0.29) is 18.3 Å². The highest BCUT2D eigenvalue weighted by molar-refractivity contribution is 5.85. The van der Waals surface area contributed by atoms with E-state index in [4.69, 9.17) is 4.74 Å². The fourth-order valence-corrected chi connectivity index (χ4v) is 1.73. The van der Waals surface area contributed by atoms with Crippen LogP contribution in [0.4, 0.5) is 0 Å². The first-order chi connectivity index (χ1) is 9.26. The molecule has 0 aliphatic heterocycles. The third-order valence-electron chi connectivity index (χ3n) is 2.90. The summed E-state index contributed by atoms with van der Waals surface area (Å²) in [6.45, 7) is 5.04. The smallest absolute Gasteiger partial charge is 0.224 e. The van der Waals surface area contributed by atoms with Crippen LogP contribution in [0.25, 0.3) is 0 Å². The zero-order chi connectivity index (χ0) is 13.9. The van der Waals surface area contributed by atoms with E-state index >= 15 is 0 Å². The number of nitrogens with one attached hydrogen (secondary N) is 2. The molecule has 0 bridgehead atoms. The van der Waals surface area contributed by atoms with Crippen molar-refractivity contribution in [1.82, 2.24) is 10.6 Å². The molecular weight excluding hydrogens is 276 g/mol. The second-order valence-corrected chi connectivity index (χ2v) is 4.44. The molecule has 0 aliphatic carbocycles. The Labute approximate surface area is 127 Å². The van der Waals surface area contributed by atoms with Crippen molar-refractivity contribution in [3.63, 3.8) is 0 Å². The number of methoxy groups -OCH3 is 1. The highest BCUT2D eigenvalue weighted by Crippen LogP contribution is 2.05. The molecule has 1 amide bonds. The fourth-order valence-electron chi connectivity index (χ4n) is 1.73. The van der Waals surface area contributed by atoms with Crippen LogP contribution in [-0.2, 0) is 22.4 Å². The van der Waals surface area contributed by atoms with Gasteiger partial charge in [0, 0.05) is 26.7 Å². The maximum absolute atomic E-state index is 11.7. The van der Waals surface area contributed by atoms with Gasteiger partial charge in [-0.25, -0.2) is 0 Å². The Kier molecular flexibility index (Phi) is 11.1. The summed E-state index contributed by atoms with van der Waals surface area (Å²) in [5.74, 6) is 0.0674. The van der Waals surface area contributed by atoms with E-state index in [0.29, 0.717) is 19.6 Å². The van der Waals surface area contributed by atoms with Gasteiger partial charge in [-0.2, -0.15) is 0 Å². The first-order valence-electron chi connectivity index (χ1n) is 6.80. The summed E-state index contributed by atoms with van der Waals surface area (Å²) in [7, 11) is 1.67. The molecule has 0 unspecified atom stereocenters. The molecule has 5 heteroatoms. The van der Waals surface area contributed by atoms with Gasteiger partial charge in [0.05, 0.1) is 13.0 Å². The van der Waals surface area contributed by atoms with Gasteiger partial charge >= 0.3 is 0 Å². The molecule has 2 N–H and O–H groups in total. The maximum Gasteiger partial charge on any atom is 0.224 e. The summed E-state index contributed by atoms with van der Waals surface area (Å²) in [6.07, 6.45) is 1.47. The van der Waals surface area contributed by atoms with E-state index in [1.165, 1.54) is 5.56 Å². The van der Waals surface area contributed by atoms with E-state index in [1.54, 1.807) is 7.11 Å². The Morgan fingerprint density at radius 1 is 1.10 bits per heavy atom. The van der Waals surface area contributed by atoms with Crippen molar-refractivity contribution in [3.8, 4) is 0 Å². The number of benzene rings is 1. The summed E-state index contributed by atoms with van der Waals surface area (Å²) in [5, 5.41) is 6.08. The molecule has 0 saturated carbocycles. The molecule has 0 aromatic heterocycles. The number of halogens is 1. The highest BCUT2D eigenvalue weighted by Gasteiger charge is 2.02. The second kappa shape index (κ2) is 11.7. The van der Waals surface area contributed by atoms with Gasteiger partial charge in [-0.1, -0.05) is 31.2 Å². The van der Waals surface area contributed by atoms with Crippen molar-refractivity contribution >= 4 is 18.3 Å². The number of aryl methyl sites for hydroxylation is 1. The molecule has 4 nitrogen and oxygen atoms in total. The summed E-state index contributed by atoms with van der Waals surface area (Å²) >= 11 is 0. The number of carbonyl (C=O) groups is 1. The van der Waals surface area contributed by atoms with Crippen LogP contribution in [0.15, 0.2) is 24.3 Å². The van der Waals surface area contributed by atoms with Crippen LogP contribution in [0, 0.1) is 0 Å². The van der Waals surface area contributed by atoms with E-state index in [1.807, 2.05) is 12.1 Å². The first kappa shape index (κ1) is 18.9. The number of ether oxygens (including phenoxy) is 1. The molecule has 0 spiro atoms. The SMILES string of the molecule is CCc1ccc(CC(=O)NCCNCCOC)cc1.Cl. The minimum Gasteiger partial charge on any atom is -0.383 e. The third-order valence-corrected chi connectivity index (χ3v) is 2.90. The lowest BCUT2D eigenvalue weighted by Gasteiger charge is -2.07. The van der Waals surface area contributed by atoms with Crippen molar-refractivity contribution in [2.75, 3.05) is 33.4 Å². The van der Waals surface area contributed by atoms with Crippen LogP contribution in [0.1, 0.15) is 18.1 Å². The standard InChI is InChI=1S/C15H24N2O2.ClH/c1-3-13-4-6-14(7-5-13)12-15(18)17-9-8-16-10-11-19-2;/h4-7,16H,3,8-12H2,1-2H3,(H,17,18);1H. The Balaban J connectivity index is 0.00000361. The molecule has 0 fully saturated rings. The molecule has 0 aliphatic rings. The molecule has 1 aromatic rings. The number of amides is 1. The average Bonchev–Trinajstić information content (AvgIpc) is 2.43. The van der Waals surface area contributed by atoms with Crippen molar-refractivity contribution in [1.29, 1.82) is 0 Å². The lowest BCUT2D eigenvalue weighted by molar-refractivity contribution is -0.120. The van der Waals surface area contributed by atoms with Crippen LogP contribution < -0.4 is 10.6 Å². The molecular formula is C15H25ClN2O2. The van der Waals surface area contributed by atoms with Gasteiger partial charge in [0.2, 0.25) is 5.91 Å². The van der Waals surface area contributed by atoms with Crippen LogP contribution in [0.3, 0.4) is 0 Å². The predicted octanol–water partition coefficient (Wildman–Crippen LogP) is 1.57. The normalized spacial score (nSPS) is 9.90. The summed E-state index contributed by atoms with van der Waals surface area (Å²) in [5.41, 5.74) is 2.36. The van der Waals surface area contributed by atoms with E-state index in [2.05, 4.69) is 29.7 Å². The van der Waals surface area contributed by atoms with Gasteiger partial charge in [0.15, 0.2) is 0 Å². The van der Waals surface area contributed by atoms with Gasteiger partial charge in [-0.05, 0) is 17.5 Å². The maximum atomic E-state index is 11.7. The Morgan fingerprint density at radius 2 is 1.75 bits per heavy atom. The average molecular weight is 301 g/mol. The molecule has 20 heavy (non-hydrogen) atoms. The van der Waals surface area contributed by atoms with Crippen LogP contribution in [0.5, 0.6) is 0 Å². The van der Waals surface area contributed by atoms with E-state index < -0.39 is 0 Å². The molecule has 1 aromatic carbocycles. The largest absolute Gasteiger partial charge is 0.383 e. The minimum absolute atomic E-state index is 0. The van der Waals surface area contributed by atoms with Gasteiger partial charge < -0.3 is 15.4 Å². The van der Waals surface area contributed by atoms with Crippen molar-refractivity contribution < 1.29 is 9.53 Å². The fraction of sp³-hybridized carbons (Fsp3) is 0.533. The van der Waals surface area contributed by atoms with E-state index in [0.717, 1.165) is 25.1 Å². The number of hydrogen-bond donors (Lipinski definition) is 2. The van der Waals surface area contributed by atoms with Crippen LogP contribution in [-0.4, -0.2) is 39.3 Å². The number of rotatable bonds is 9. The lowest BCUT2D eigenvalue weighted by atomic mass is 10.1. The predicted molar refractivity (Wildman–Crippen MR) is 84.5 cm³/mol. The topological polar surface area (TPSA) is 50.4 Å². The molecule has 1 rings (SSSR count). The summed E-state index contributed by atoms with van der Waals surface area (Å²) in [4.78, 5) is 11.7.